The van der Waals surface area contributed by atoms with Crippen LogP contribution in [0.25, 0.3) is 0 Å². The molecule has 30 heavy (non-hydrogen) atoms. The van der Waals surface area contributed by atoms with Crippen molar-refractivity contribution in [3.8, 4) is 5.75 Å². The van der Waals surface area contributed by atoms with Crippen LogP contribution in [0.3, 0.4) is 0 Å². The Morgan fingerprint density at radius 3 is 2.63 bits per heavy atom. The zero-order valence-electron chi connectivity index (χ0n) is 19.7. The molecule has 5 heteroatoms. The molecule has 3 aliphatic heterocycles. The van der Waals surface area contributed by atoms with Gasteiger partial charge in [-0.3, -0.25) is 4.90 Å². The lowest BCUT2D eigenvalue weighted by atomic mass is 9.96. The minimum absolute atomic E-state index is 0.408. The van der Waals surface area contributed by atoms with Crippen molar-refractivity contribution in [2.24, 2.45) is 0 Å². The lowest BCUT2D eigenvalue weighted by Gasteiger charge is -2.37. The molecule has 4 rings (SSSR count). The first-order chi connectivity index (χ1) is 14.5. The van der Waals surface area contributed by atoms with Gasteiger partial charge in [0.05, 0.1) is 12.7 Å². The van der Waals surface area contributed by atoms with Crippen molar-refractivity contribution in [2.75, 3.05) is 53.5 Å². The van der Waals surface area contributed by atoms with E-state index < -0.39 is 0 Å². The summed E-state index contributed by atoms with van der Waals surface area (Å²) in [6.07, 6.45) is 5.25. The first kappa shape index (κ1) is 22.1. The van der Waals surface area contributed by atoms with E-state index in [1.165, 1.54) is 55.6 Å². The smallest absolute Gasteiger partial charge is 0.122 e. The molecule has 0 amide bonds. The Bertz CT molecular complexity index is 723. The van der Waals surface area contributed by atoms with E-state index in [2.05, 4.69) is 54.7 Å². The van der Waals surface area contributed by atoms with Crippen LogP contribution in [0.15, 0.2) is 12.1 Å². The monoisotopic (exact) mass is 415 g/mol. The highest BCUT2D eigenvalue weighted by atomic mass is 16.5. The van der Waals surface area contributed by atoms with Crippen LogP contribution < -0.4 is 4.74 Å². The summed E-state index contributed by atoms with van der Waals surface area (Å²) in [4.78, 5) is 7.77. The van der Waals surface area contributed by atoms with Gasteiger partial charge in [0.25, 0.3) is 0 Å². The standard InChI is InChI=1S/C25H41N3O2/c1-18-19(2)25(30-13-7-12-27-11-6-8-23(17-27)29-5)10-9-24(18)20(3)28-16-21-14-22(28)15-26(21)4/h9-10,20-23H,6-8,11-17H2,1-5H3/t20-,21?,22?,23?/m0/s1. The van der Waals surface area contributed by atoms with Gasteiger partial charge in [-0.2, -0.15) is 0 Å². The highest BCUT2D eigenvalue weighted by molar-refractivity contribution is 5.45. The van der Waals surface area contributed by atoms with E-state index in [1.54, 1.807) is 0 Å². The van der Waals surface area contributed by atoms with Gasteiger partial charge in [0, 0.05) is 51.4 Å². The Kier molecular flexibility index (Phi) is 7.03. The number of fused-ring (bicyclic) bond motifs is 2. The topological polar surface area (TPSA) is 28.2 Å². The van der Waals surface area contributed by atoms with Crippen LogP contribution in [0.2, 0.25) is 0 Å². The summed E-state index contributed by atoms with van der Waals surface area (Å²) >= 11 is 0. The van der Waals surface area contributed by atoms with Gasteiger partial charge in [0.2, 0.25) is 0 Å². The third-order valence-electron chi connectivity index (χ3n) is 7.96. The Balaban J connectivity index is 1.30. The molecule has 0 spiro atoms. The van der Waals surface area contributed by atoms with Crippen molar-refractivity contribution >= 4 is 0 Å². The fourth-order valence-corrected chi connectivity index (χ4v) is 5.85. The van der Waals surface area contributed by atoms with Crippen LogP contribution in [0, 0.1) is 13.8 Å². The number of methoxy groups -OCH3 is 1. The predicted molar refractivity (Wildman–Crippen MR) is 122 cm³/mol. The van der Waals surface area contributed by atoms with Gasteiger partial charge in [0.15, 0.2) is 0 Å². The molecular formula is C25H41N3O2. The maximum Gasteiger partial charge on any atom is 0.122 e. The lowest BCUT2D eigenvalue weighted by Crippen LogP contribution is -2.45. The van der Waals surface area contributed by atoms with Crippen molar-refractivity contribution in [2.45, 2.75) is 70.7 Å². The average Bonchev–Trinajstić information content (AvgIpc) is 3.33. The second-order valence-electron chi connectivity index (χ2n) is 9.76. The van der Waals surface area contributed by atoms with Gasteiger partial charge >= 0.3 is 0 Å². The van der Waals surface area contributed by atoms with Crippen molar-refractivity contribution in [3.63, 3.8) is 0 Å². The number of hydrogen-bond donors (Lipinski definition) is 0. The van der Waals surface area contributed by atoms with Crippen molar-refractivity contribution in [1.82, 2.24) is 14.7 Å². The Morgan fingerprint density at radius 2 is 1.93 bits per heavy atom. The number of hydrogen-bond acceptors (Lipinski definition) is 5. The zero-order valence-corrected chi connectivity index (χ0v) is 19.7. The zero-order chi connectivity index (χ0) is 21.3. The summed E-state index contributed by atoms with van der Waals surface area (Å²) in [5, 5.41) is 0. The lowest BCUT2D eigenvalue weighted by molar-refractivity contribution is 0.0298. The third kappa shape index (κ3) is 4.55. The number of rotatable bonds is 8. The molecule has 3 saturated heterocycles. The van der Waals surface area contributed by atoms with Gasteiger partial charge in [-0.1, -0.05) is 6.07 Å². The summed E-state index contributed by atoms with van der Waals surface area (Å²) in [6.45, 7) is 13.4. The van der Waals surface area contributed by atoms with E-state index in [1.807, 2.05) is 7.11 Å². The fourth-order valence-electron chi connectivity index (χ4n) is 5.85. The number of benzene rings is 1. The molecule has 1 aromatic carbocycles. The van der Waals surface area contributed by atoms with E-state index in [-0.39, 0.29) is 0 Å². The van der Waals surface area contributed by atoms with Crippen molar-refractivity contribution in [1.29, 1.82) is 0 Å². The van der Waals surface area contributed by atoms with Crippen LogP contribution in [-0.2, 0) is 4.74 Å². The molecule has 3 aliphatic rings. The van der Waals surface area contributed by atoms with Gasteiger partial charge in [-0.25, -0.2) is 0 Å². The SMILES string of the molecule is COC1CCCN(CCCOc2ccc([C@H](C)N3CC4CC3CN4C)c(C)c2C)C1. The first-order valence-corrected chi connectivity index (χ1v) is 11.9. The van der Waals surface area contributed by atoms with Crippen LogP contribution in [-0.4, -0.2) is 86.4 Å². The Morgan fingerprint density at radius 1 is 1.10 bits per heavy atom. The molecule has 3 unspecified atom stereocenters. The summed E-state index contributed by atoms with van der Waals surface area (Å²) < 4.78 is 11.7. The van der Waals surface area contributed by atoms with Gasteiger partial charge < -0.3 is 19.3 Å². The Labute approximate surface area is 183 Å². The van der Waals surface area contributed by atoms with Gasteiger partial charge in [-0.15, -0.1) is 0 Å². The number of likely N-dealkylation sites (N-methyl/N-ethyl adjacent to an activating group) is 1. The van der Waals surface area contributed by atoms with Gasteiger partial charge in [0.1, 0.15) is 5.75 Å². The van der Waals surface area contributed by atoms with E-state index in [9.17, 15) is 0 Å². The number of ether oxygens (including phenoxy) is 2. The molecule has 0 aliphatic carbocycles. The Hall–Kier alpha value is -1.14. The average molecular weight is 416 g/mol. The second kappa shape index (κ2) is 9.56. The van der Waals surface area contributed by atoms with Crippen LogP contribution >= 0.6 is 0 Å². The minimum Gasteiger partial charge on any atom is -0.493 e. The molecule has 0 saturated carbocycles. The number of likely N-dealkylation sites (tertiary alicyclic amines) is 3. The van der Waals surface area contributed by atoms with Crippen molar-refractivity contribution < 1.29 is 9.47 Å². The molecule has 2 bridgehead atoms. The number of piperazine rings is 1. The van der Waals surface area contributed by atoms with E-state index in [4.69, 9.17) is 9.47 Å². The highest BCUT2D eigenvalue weighted by Gasteiger charge is 2.43. The third-order valence-corrected chi connectivity index (χ3v) is 7.96. The van der Waals surface area contributed by atoms with E-state index in [0.717, 1.165) is 44.0 Å². The molecule has 0 radical (unpaired) electrons. The molecule has 0 aromatic heterocycles. The largest absolute Gasteiger partial charge is 0.493 e. The van der Waals surface area contributed by atoms with Crippen LogP contribution in [0.5, 0.6) is 5.75 Å². The predicted octanol–water partition coefficient (Wildman–Crippen LogP) is 3.63. The number of piperidine rings is 1. The van der Waals surface area contributed by atoms with Gasteiger partial charge in [-0.05, 0) is 82.8 Å². The van der Waals surface area contributed by atoms with Crippen molar-refractivity contribution in [3.05, 3.63) is 28.8 Å². The quantitative estimate of drug-likeness (QED) is 0.605. The first-order valence-electron chi connectivity index (χ1n) is 11.9. The summed E-state index contributed by atoms with van der Waals surface area (Å²) in [5.41, 5.74) is 4.17. The molecule has 3 fully saturated rings. The normalized spacial score (nSPS) is 28.9. The van der Waals surface area contributed by atoms with E-state index in [0.29, 0.717) is 12.1 Å². The maximum absolute atomic E-state index is 6.21. The summed E-state index contributed by atoms with van der Waals surface area (Å²) in [5.74, 6) is 1.06. The molecule has 168 valence electrons. The van der Waals surface area contributed by atoms with Crippen LogP contribution in [0.4, 0.5) is 0 Å². The molecular weight excluding hydrogens is 374 g/mol. The second-order valence-corrected chi connectivity index (χ2v) is 9.76. The molecule has 5 nitrogen and oxygen atoms in total. The van der Waals surface area contributed by atoms with E-state index >= 15 is 0 Å². The fraction of sp³-hybridized carbons (Fsp3) is 0.760. The molecule has 3 heterocycles. The molecule has 1 aromatic rings. The minimum atomic E-state index is 0.408. The highest BCUT2D eigenvalue weighted by Crippen LogP contribution is 2.38. The molecule has 0 N–H and O–H groups in total. The molecule has 4 atom stereocenters. The number of nitrogens with zero attached hydrogens (tertiary/aromatic N) is 3. The van der Waals surface area contributed by atoms with Crippen LogP contribution in [0.1, 0.15) is 55.3 Å². The maximum atomic E-state index is 6.21. The summed E-state index contributed by atoms with van der Waals surface area (Å²) in [7, 11) is 4.11. The summed E-state index contributed by atoms with van der Waals surface area (Å²) in [6, 6.07) is 6.47.